The predicted molar refractivity (Wildman–Crippen MR) is 93.6 cm³/mol. The van der Waals surface area contributed by atoms with Crippen molar-refractivity contribution in [1.82, 2.24) is 19.9 Å². The molecule has 3 aromatic rings. The fourth-order valence-corrected chi connectivity index (χ4v) is 3.44. The number of nitrogens with zero attached hydrogens (tertiary/aromatic N) is 4. The third-order valence-corrected chi connectivity index (χ3v) is 4.90. The monoisotopic (exact) mass is 314 g/mol. The molecular formula is C20H18N4. The third-order valence-electron chi connectivity index (χ3n) is 4.90. The van der Waals surface area contributed by atoms with Gasteiger partial charge in [-0.25, -0.2) is 19.9 Å². The SMILES string of the molecule is C1=C(c2ccc3ncncc3c2)c2cnc(C3CC3)nc2CCC1. The van der Waals surface area contributed by atoms with Crippen LogP contribution in [0.1, 0.15) is 54.2 Å². The first-order chi connectivity index (χ1) is 11.9. The van der Waals surface area contributed by atoms with Gasteiger partial charge in [-0.3, -0.25) is 0 Å². The van der Waals surface area contributed by atoms with E-state index >= 15 is 0 Å². The van der Waals surface area contributed by atoms with E-state index < -0.39 is 0 Å². The molecule has 5 rings (SSSR count). The molecule has 1 aromatic carbocycles. The van der Waals surface area contributed by atoms with Gasteiger partial charge in [0.2, 0.25) is 0 Å². The summed E-state index contributed by atoms with van der Waals surface area (Å²) in [4.78, 5) is 18.0. The Balaban J connectivity index is 1.63. The van der Waals surface area contributed by atoms with Crippen molar-refractivity contribution in [2.24, 2.45) is 0 Å². The smallest absolute Gasteiger partial charge is 0.131 e. The van der Waals surface area contributed by atoms with E-state index in [1.54, 1.807) is 6.33 Å². The molecule has 4 nitrogen and oxygen atoms in total. The van der Waals surface area contributed by atoms with Gasteiger partial charge in [-0.05, 0) is 55.4 Å². The Hall–Kier alpha value is -2.62. The van der Waals surface area contributed by atoms with Crippen LogP contribution in [0, 0.1) is 0 Å². The van der Waals surface area contributed by atoms with E-state index in [-0.39, 0.29) is 0 Å². The lowest BCUT2D eigenvalue weighted by Crippen LogP contribution is -2.03. The van der Waals surface area contributed by atoms with Crippen molar-refractivity contribution in [3.63, 3.8) is 0 Å². The minimum atomic E-state index is 0.601. The maximum absolute atomic E-state index is 4.90. The Labute approximate surface area is 140 Å². The predicted octanol–water partition coefficient (Wildman–Crippen LogP) is 4.07. The van der Waals surface area contributed by atoms with Crippen molar-refractivity contribution in [1.29, 1.82) is 0 Å². The first-order valence-electron chi connectivity index (χ1n) is 8.65. The van der Waals surface area contributed by atoms with Crippen molar-refractivity contribution in [3.8, 4) is 0 Å². The highest BCUT2D eigenvalue weighted by atomic mass is 14.9. The fraction of sp³-hybridized carbons (Fsp3) is 0.300. The Morgan fingerprint density at radius 2 is 2.00 bits per heavy atom. The molecule has 0 unspecified atom stereocenters. The molecule has 0 spiro atoms. The normalized spacial score (nSPS) is 17.2. The van der Waals surface area contributed by atoms with Crippen LogP contribution in [0.5, 0.6) is 0 Å². The summed E-state index contributed by atoms with van der Waals surface area (Å²) in [5, 5.41) is 1.07. The van der Waals surface area contributed by atoms with Crippen LogP contribution in [0.3, 0.4) is 0 Å². The minimum Gasteiger partial charge on any atom is -0.244 e. The molecule has 0 atom stereocenters. The van der Waals surface area contributed by atoms with Crippen LogP contribution in [-0.4, -0.2) is 19.9 Å². The van der Waals surface area contributed by atoms with Crippen LogP contribution in [0.15, 0.2) is 43.0 Å². The minimum absolute atomic E-state index is 0.601. The second kappa shape index (κ2) is 5.48. The van der Waals surface area contributed by atoms with E-state index in [9.17, 15) is 0 Å². The molecule has 24 heavy (non-hydrogen) atoms. The summed E-state index contributed by atoms with van der Waals surface area (Å²) in [5.74, 6) is 1.64. The molecule has 2 aromatic heterocycles. The Kier molecular flexibility index (Phi) is 3.15. The molecule has 1 saturated carbocycles. The van der Waals surface area contributed by atoms with Crippen LogP contribution >= 0.6 is 0 Å². The quantitative estimate of drug-likeness (QED) is 0.715. The van der Waals surface area contributed by atoms with Crippen LogP contribution < -0.4 is 0 Å². The zero-order valence-corrected chi connectivity index (χ0v) is 13.4. The molecule has 0 bridgehead atoms. The highest BCUT2D eigenvalue weighted by molar-refractivity contribution is 5.87. The summed E-state index contributed by atoms with van der Waals surface area (Å²) < 4.78 is 0. The number of fused-ring (bicyclic) bond motifs is 2. The van der Waals surface area contributed by atoms with Crippen molar-refractivity contribution in [2.45, 2.75) is 38.0 Å². The van der Waals surface area contributed by atoms with Gasteiger partial charge in [0.25, 0.3) is 0 Å². The third kappa shape index (κ3) is 2.39. The first-order valence-corrected chi connectivity index (χ1v) is 8.65. The van der Waals surface area contributed by atoms with Crippen LogP contribution in [0.25, 0.3) is 16.5 Å². The van der Waals surface area contributed by atoms with E-state index in [0.29, 0.717) is 5.92 Å². The average molecular weight is 314 g/mol. The van der Waals surface area contributed by atoms with Crippen LogP contribution in [0.4, 0.5) is 0 Å². The Bertz CT molecular complexity index is 957. The van der Waals surface area contributed by atoms with Gasteiger partial charge in [-0.2, -0.15) is 0 Å². The summed E-state index contributed by atoms with van der Waals surface area (Å²) >= 11 is 0. The first kappa shape index (κ1) is 13.8. The Morgan fingerprint density at radius 1 is 1.04 bits per heavy atom. The highest BCUT2D eigenvalue weighted by Gasteiger charge is 2.27. The molecule has 0 N–H and O–H groups in total. The number of hydrogen-bond donors (Lipinski definition) is 0. The van der Waals surface area contributed by atoms with Gasteiger partial charge in [-0.1, -0.05) is 12.1 Å². The number of aryl methyl sites for hydroxylation is 1. The van der Waals surface area contributed by atoms with Gasteiger partial charge in [0.1, 0.15) is 12.2 Å². The molecule has 2 aliphatic carbocycles. The van der Waals surface area contributed by atoms with Crippen LogP contribution in [-0.2, 0) is 6.42 Å². The van der Waals surface area contributed by atoms with Gasteiger partial charge in [0.15, 0.2) is 0 Å². The van der Waals surface area contributed by atoms with E-state index in [0.717, 1.165) is 36.0 Å². The maximum Gasteiger partial charge on any atom is 0.131 e. The van der Waals surface area contributed by atoms with Crippen LogP contribution in [0.2, 0.25) is 0 Å². The average Bonchev–Trinajstić information content (AvgIpc) is 3.47. The summed E-state index contributed by atoms with van der Waals surface area (Å²) in [6.07, 6.45) is 13.6. The van der Waals surface area contributed by atoms with Gasteiger partial charge in [-0.15, -0.1) is 0 Å². The number of hydrogen-bond acceptors (Lipinski definition) is 4. The second-order valence-electron chi connectivity index (χ2n) is 6.67. The van der Waals surface area contributed by atoms with E-state index in [1.165, 1.54) is 35.2 Å². The lowest BCUT2D eigenvalue weighted by atomic mass is 9.96. The van der Waals surface area contributed by atoms with Crippen molar-refractivity contribution in [2.75, 3.05) is 0 Å². The second-order valence-corrected chi connectivity index (χ2v) is 6.67. The molecular weight excluding hydrogens is 296 g/mol. The zero-order valence-electron chi connectivity index (χ0n) is 13.4. The lowest BCUT2D eigenvalue weighted by Gasteiger charge is -2.12. The molecule has 4 heteroatoms. The van der Waals surface area contributed by atoms with Gasteiger partial charge < -0.3 is 0 Å². The number of aromatic nitrogens is 4. The van der Waals surface area contributed by atoms with Crippen molar-refractivity contribution < 1.29 is 0 Å². The molecule has 2 heterocycles. The molecule has 118 valence electrons. The molecule has 2 aliphatic rings. The standard InChI is InChI=1S/C20H18N4/c1-2-4-19-17(11-22-20(24-19)13-5-6-13)16(3-1)14-7-8-18-15(9-14)10-21-12-23-18/h3,7-13H,1-2,4-6H2. The topological polar surface area (TPSA) is 51.6 Å². The van der Waals surface area contributed by atoms with E-state index in [4.69, 9.17) is 4.98 Å². The Morgan fingerprint density at radius 3 is 2.92 bits per heavy atom. The molecule has 0 amide bonds. The van der Waals surface area contributed by atoms with Gasteiger partial charge in [0, 0.05) is 29.3 Å². The zero-order chi connectivity index (χ0) is 15.9. The lowest BCUT2D eigenvalue weighted by molar-refractivity contribution is 0.797. The maximum atomic E-state index is 4.90. The molecule has 0 aliphatic heterocycles. The summed E-state index contributed by atoms with van der Waals surface area (Å²) in [6, 6.07) is 6.38. The van der Waals surface area contributed by atoms with E-state index in [1.807, 2.05) is 12.4 Å². The molecule has 0 radical (unpaired) electrons. The highest BCUT2D eigenvalue weighted by Crippen LogP contribution is 2.39. The number of benzene rings is 1. The van der Waals surface area contributed by atoms with Gasteiger partial charge >= 0.3 is 0 Å². The summed E-state index contributed by atoms with van der Waals surface area (Å²) in [7, 11) is 0. The van der Waals surface area contributed by atoms with Gasteiger partial charge in [0.05, 0.1) is 11.2 Å². The molecule has 0 saturated heterocycles. The summed E-state index contributed by atoms with van der Waals surface area (Å²) in [6.45, 7) is 0. The molecule has 1 fully saturated rings. The van der Waals surface area contributed by atoms with Crippen molar-refractivity contribution >= 4 is 16.5 Å². The fourth-order valence-electron chi connectivity index (χ4n) is 3.44. The largest absolute Gasteiger partial charge is 0.244 e. The summed E-state index contributed by atoms with van der Waals surface area (Å²) in [5.41, 5.74) is 5.82. The number of rotatable bonds is 2. The van der Waals surface area contributed by atoms with E-state index in [2.05, 4.69) is 39.2 Å². The number of allylic oxidation sites excluding steroid dienone is 1. The van der Waals surface area contributed by atoms with Crippen molar-refractivity contribution in [3.05, 3.63) is 65.6 Å².